The molecule has 0 amide bonds. The average Bonchev–Trinajstić information content (AvgIpc) is 2.46. The van der Waals surface area contributed by atoms with Crippen molar-refractivity contribution < 1.29 is 25.2 Å². The van der Waals surface area contributed by atoms with Crippen LogP contribution >= 0.6 is 11.8 Å². The van der Waals surface area contributed by atoms with Crippen LogP contribution in [0, 0.1) is 0 Å². The van der Waals surface area contributed by atoms with Crippen LogP contribution in [0.1, 0.15) is 5.56 Å². The zero-order valence-corrected chi connectivity index (χ0v) is 11.6. The van der Waals surface area contributed by atoms with Crippen LogP contribution in [0.5, 0.6) is 0 Å². The van der Waals surface area contributed by atoms with Crippen molar-refractivity contribution in [1.29, 1.82) is 0 Å². The number of hydrogen-bond donors (Lipinski definition) is 5. The van der Waals surface area contributed by atoms with Crippen LogP contribution in [-0.2, 0) is 10.5 Å². The maximum atomic E-state index is 9.89. The molecule has 20 heavy (non-hydrogen) atoms. The molecule has 0 bridgehead atoms. The molecule has 1 aromatic carbocycles. The van der Waals surface area contributed by atoms with Gasteiger partial charge in [0.25, 0.3) is 0 Å². The molecule has 1 aliphatic rings. The Balaban J connectivity index is 1.95. The van der Waals surface area contributed by atoms with E-state index in [9.17, 15) is 15.3 Å². The summed E-state index contributed by atoms with van der Waals surface area (Å²) in [6, 6.07) is 7.30. The molecule has 6 N–H and O–H groups in total. The fourth-order valence-corrected chi connectivity index (χ4v) is 3.13. The van der Waals surface area contributed by atoms with Crippen LogP contribution < -0.4 is 5.73 Å². The third-order valence-electron chi connectivity index (χ3n) is 3.24. The smallest absolute Gasteiger partial charge is 0.132 e. The molecule has 112 valence electrons. The van der Waals surface area contributed by atoms with E-state index in [-0.39, 0.29) is 0 Å². The van der Waals surface area contributed by atoms with Gasteiger partial charge in [-0.15, -0.1) is 11.8 Å². The van der Waals surface area contributed by atoms with Crippen LogP contribution in [0.15, 0.2) is 24.3 Å². The first-order valence-electron chi connectivity index (χ1n) is 6.29. The lowest BCUT2D eigenvalue weighted by Crippen LogP contribution is -2.57. The lowest BCUT2D eigenvalue weighted by molar-refractivity contribution is -0.205. The van der Waals surface area contributed by atoms with E-state index in [0.717, 1.165) is 5.56 Å². The summed E-state index contributed by atoms with van der Waals surface area (Å²) in [5.74, 6) is 0.559. The first-order valence-corrected chi connectivity index (χ1v) is 7.34. The van der Waals surface area contributed by atoms with Crippen molar-refractivity contribution in [2.45, 2.75) is 35.6 Å². The van der Waals surface area contributed by atoms with Gasteiger partial charge in [0.2, 0.25) is 0 Å². The molecule has 0 unspecified atom stereocenters. The predicted octanol–water partition coefficient (Wildman–Crippen LogP) is -0.698. The second kappa shape index (κ2) is 6.75. The van der Waals surface area contributed by atoms with Crippen molar-refractivity contribution in [2.24, 2.45) is 0 Å². The lowest BCUT2D eigenvalue weighted by atomic mass is 10.0. The lowest BCUT2D eigenvalue weighted by Gasteiger charge is -2.39. The Hall–Kier alpha value is -0.830. The van der Waals surface area contributed by atoms with Gasteiger partial charge in [-0.1, -0.05) is 12.1 Å². The molecule has 5 atom stereocenters. The van der Waals surface area contributed by atoms with Gasteiger partial charge in [-0.25, -0.2) is 0 Å². The van der Waals surface area contributed by atoms with Crippen LogP contribution in [-0.4, -0.2) is 56.9 Å². The standard InChI is InChI=1S/C13H19NO5S/c14-8-3-1-7(2-4-8)6-20-13-12(18)11(17)10(16)9(5-15)19-13/h1-4,9-13,15-18H,5-6,14H2/t9-,10+,11+,12-,13-/m1/s1. The van der Waals surface area contributed by atoms with E-state index >= 15 is 0 Å². The number of nitrogen functional groups attached to an aromatic ring is 1. The maximum Gasteiger partial charge on any atom is 0.132 e. The Morgan fingerprint density at radius 3 is 2.30 bits per heavy atom. The second-order valence-corrected chi connectivity index (χ2v) is 5.84. The molecule has 6 nitrogen and oxygen atoms in total. The van der Waals surface area contributed by atoms with Gasteiger partial charge in [-0.3, -0.25) is 0 Å². The van der Waals surface area contributed by atoms with Crippen molar-refractivity contribution in [2.75, 3.05) is 12.3 Å². The van der Waals surface area contributed by atoms with Gasteiger partial charge < -0.3 is 30.9 Å². The Bertz CT molecular complexity index is 427. The van der Waals surface area contributed by atoms with Gasteiger partial charge in [-0.05, 0) is 17.7 Å². The van der Waals surface area contributed by atoms with E-state index in [4.69, 9.17) is 15.6 Å². The van der Waals surface area contributed by atoms with Crippen LogP contribution in [0.4, 0.5) is 5.69 Å². The molecule has 0 saturated carbocycles. The highest BCUT2D eigenvalue weighted by Crippen LogP contribution is 2.30. The van der Waals surface area contributed by atoms with E-state index in [1.54, 1.807) is 12.1 Å². The molecule has 0 aliphatic carbocycles. The highest BCUT2D eigenvalue weighted by atomic mass is 32.2. The highest BCUT2D eigenvalue weighted by Gasteiger charge is 2.43. The Morgan fingerprint density at radius 1 is 1.05 bits per heavy atom. The van der Waals surface area contributed by atoms with E-state index < -0.39 is 36.5 Å². The largest absolute Gasteiger partial charge is 0.399 e. The molecule has 1 heterocycles. The van der Waals surface area contributed by atoms with Crippen molar-refractivity contribution in [1.82, 2.24) is 0 Å². The Labute approximate surface area is 121 Å². The van der Waals surface area contributed by atoms with Gasteiger partial charge in [-0.2, -0.15) is 0 Å². The van der Waals surface area contributed by atoms with Crippen molar-refractivity contribution >= 4 is 17.4 Å². The van der Waals surface area contributed by atoms with E-state index in [1.807, 2.05) is 12.1 Å². The summed E-state index contributed by atoms with van der Waals surface area (Å²) in [4.78, 5) is 0. The number of hydrogen-bond acceptors (Lipinski definition) is 7. The molecule has 1 fully saturated rings. The Kier molecular flexibility index (Phi) is 5.25. The molecule has 7 heteroatoms. The maximum absolute atomic E-state index is 9.89. The molecule has 2 rings (SSSR count). The van der Waals surface area contributed by atoms with Crippen LogP contribution in [0.25, 0.3) is 0 Å². The predicted molar refractivity (Wildman–Crippen MR) is 75.9 cm³/mol. The summed E-state index contributed by atoms with van der Waals surface area (Å²) in [5.41, 5.74) is 6.57. The van der Waals surface area contributed by atoms with Crippen molar-refractivity contribution in [3.05, 3.63) is 29.8 Å². The summed E-state index contributed by atoms with van der Waals surface area (Å²) in [5, 5.41) is 38.3. The quantitative estimate of drug-likeness (QED) is 0.467. The minimum atomic E-state index is -1.33. The van der Waals surface area contributed by atoms with Gasteiger partial charge in [0.05, 0.1) is 6.61 Å². The molecular weight excluding hydrogens is 282 g/mol. The zero-order valence-electron chi connectivity index (χ0n) is 10.8. The van der Waals surface area contributed by atoms with E-state index in [0.29, 0.717) is 11.4 Å². The summed E-state index contributed by atoms with van der Waals surface area (Å²) < 4.78 is 5.40. The topological polar surface area (TPSA) is 116 Å². The third-order valence-corrected chi connectivity index (χ3v) is 4.46. The number of aliphatic hydroxyl groups is 4. The van der Waals surface area contributed by atoms with Gasteiger partial charge in [0.15, 0.2) is 0 Å². The molecule has 1 aliphatic heterocycles. The second-order valence-electron chi connectivity index (χ2n) is 4.75. The number of benzene rings is 1. The van der Waals surface area contributed by atoms with Gasteiger partial charge >= 0.3 is 0 Å². The van der Waals surface area contributed by atoms with Gasteiger partial charge in [0.1, 0.15) is 29.9 Å². The molecule has 1 saturated heterocycles. The first-order chi connectivity index (χ1) is 9.52. The molecule has 0 radical (unpaired) electrons. The number of aliphatic hydroxyl groups excluding tert-OH is 4. The fraction of sp³-hybridized carbons (Fsp3) is 0.538. The fourth-order valence-electron chi connectivity index (χ4n) is 2.00. The number of nitrogens with two attached hydrogens (primary N) is 1. The number of rotatable bonds is 4. The summed E-state index contributed by atoms with van der Waals surface area (Å²) in [6.07, 6.45) is -4.71. The van der Waals surface area contributed by atoms with Crippen molar-refractivity contribution in [3.63, 3.8) is 0 Å². The van der Waals surface area contributed by atoms with E-state index in [2.05, 4.69) is 0 Å². The number of ether oxygens (including phenoxy) is 1. The highest BCUT2D eigenvalue weighted by molar-refractivity contribution is 7.99. The van der Waals surface area contributed by atoms with Crippen molar-refractivity contribution in [3.8, 4) is 0 Å². The summed E-state index contributed by atoms with van der Waals surface area (Å²) in [7, 11) is 0. The number of thioether (sulfide) groups is 1. The summed E-state index contributed by atoms with van der Waals surface area (Å²) >= 11 is 1.29. The molecule has 0 aromatic heterocycles. The SMILES string of the molecule is Nc1ccc(CS[C@H]2O[C@H](CO)[C@H](O)[C@H](O)[C@H]2O)cc1. The Morgan fingerprint density at radius 2 is 1.70 bits per heavy atom. The number of anilines is 1. The molecule has 0 spiro atoms. The third kappa shape index (κ3) is 3.43. The van der Waals surface area contributed by atoms with Gasteiger partial charge in [0, 0.05) is 11.4 Å². The van der Waals surface area contributed by atoms with Crippen LogP contribution in [0.2, 0.25) is 0 Å². The minimum absolute atomic E-state index is 0.413. The van der Waals surface area contributed by atoms with E-state index in [1.165, 1.54) is 11.8 Å². The summed E-state index contributed by atoms with van der Waals surface area (Å²) in [6.45, 7) is -0.413. The normalized spacial score (nSPS) is 34.1. The minimum Gasteiger partial charge on any atom is -0.399 e. The van der Waals surface area contributed by atoms with Crippen LogP contribution in [0.3, 0.4) is 0 Å². The zero-order chi connectivity index (χ0) is 14.7. The molecule has 1 aromatic rings. The first kappa shape index (κ1) is 15.6. The molecular formula is C13H19NO5S. The monoisotopic (exact) mass is 301 g/mol. The average molecular weight is 301 g/mol.